The van der Waals surface area contributed by atoms with E-state index in [0.29, 0.717) is 22.7 Å². The molecule has 2 aromatic carbocycles. The van der Waals surface area contributed by atoms with Gasteiger partial charge in [-0.05, 0) is 30.7 Å². The molecule has 1 aliphatic heterocycles. The molecule has 0 atom stereocenters. The van der Waals surface area contributed by atoms with Gasteiger partial charge < -0.3 is 15.5 Å². The van der Waals surface area contributed by atoms with Gasteiger partial charge in [0.2, 0.25) is 0 Å². The van der Waals surface area contributed by atoms with Crippen molar-refractivity contribution in [2.75, 3.05) is 56.3 Å². The maximum Gasteiger partial charge on any atom is 0.283 e. The molecule has 4 aromatic rings. The molecular formula is C26H31N7O2S. The number of hydrogen-bond donors (Lipinski definition) is 1. The van der Waals surface area contributed by atoms with Crippen LogP contribution in [0.15, 0.2) is 70.7 Å². The lowest BCUT2D eigenvalue weighted by Crippen LogP contribution is -2.46. The third-order valence-corrected chi connectivity index (χ3v) is 7.53. The number of anilines is 1. The van der Waals surface area contributed by atoms with E-state index < -0.39 is 0 Å². The molecule has 0 spiro atoms. The van der Waals surface area contributed by atoms with Crippen molar-refractivity contribution >= 4 is 28.5 Å². The van der Waals surface area contributed by atoms with E-state index in [1.807, 2.05) is 42.5 Å². The van der Waals surface area contributed by atoms with E-state index in [4.69, 9.17) is 15.6 Å². The lowest BCUT2D eigenvalue weighted by molar-refractivity contribution is 0.258. The summed E-state index contributed by atoms with van der Waals surface area (Å²) in [7, 11) is 1.72. The van der Waals surface area contributed by atoms with Gasteiger partial charge in [0.05, 0.1) is 25.5 Å². The van der Waals surface area contributed by atoms with Crippen LogP contribution in [0.2, 0.25) is 0 Å². The molecule has 10 heteroatoms. The van der Waals surface area contributed by atoms with Crippen molar-refractivity contribution in [3.63, 3.8) is 0 Å². The highest BCUT2D eigenvalue weighted by Gasteiger charge is 2.19. The van der Waals surface area contributed by atoms with E-state index in [1.54, 1.807) is 18.0 Å². The minimum Gasteiger partial charge on any atom is -0.495 e. The van der Waals surface area contributed by atoms with Crippen LogP contribution in [-0.4, -0.2) is 69.9 Å². The second-order valence-electron chi connectivity index (χ2n) is 8.80. The van der Waals surface area contributed by atoms with Gasteiger partial charge in [-0.25, -0.2) is 14.3 Å². The van der Waals surface area contributed by atoms with Crippen LogP contribution in [0.1, 0.15) is 12.0 Å². The third-order valence-electron chi connectivity index (χ3n) is 6.49. The molecule has 0 saturated carbocycles. The molecule has 2 aromatic heterocycles. The molecule has 0 unspecified atom stereocenters. The van der Waals surface area contributed by atoms with Crippen LogP contribution >= 0.6 is 11.8 Å². The van der Waals surface area contributed by atoms with Crippen molar-refractivity contribution in [3.05, 3.63) is 76.7 Å². The summed E-state index contributed by atoms with van der Waals surface area (Å²) < 4.78 is 8.43. The number of benzene rings is 2. The summed E-state index contributed by atoms with van der Waals surface area (Å²) in [5.41, 5.74) is 2.56. The van der Waals surface area contributed by atoms with Gasteiger partial charge in [-0.1, -0.05) is 54.2 Å². The molecule has 0 radical (unpaired) electrons. The number of piperazine rings is 1. The Hall–Kier alpha value is -3.50. The minimum absolute atomic E-state index is 0.269. The molecule has 5 rings (SSSR count). The van der Waals surface area contributed by atoms with E-state index in [9.17, 15) is 4.79 Å². The number of nitrogens with zero attached hydrogens (tertiary/aromatic N) is 6. The predicted molar refractivity (Wildman–Crippen MR) is 144 cm³/mol. The average Bonchev–Trinajstić information content (AvgIpc) is 3.32. The number of nitrogen functional groups attached to an aromatic ring is 1. The summed E-state index contributed by atoms with van der Waals surface area (Å²) in [5, 5.41) is 5.34. The standard InChI is InChI=1S/C26H31N7O2S/c1-35-23-11-6-5-10-22(23)31-15-13-30(14-16-31)12-7-17-36-26-29-24-21(25(34)33(26)27)18-28-32(24)19-20-8-3-2-4-9-20/h2-6,8-11,18H,7,12-17,19,27H2,1H3. The number of thioether (sulfide) groups is 1. The van der Waals surface area contributed by atoms with Crippen LogP contribution in [0.4, 0.5) is 5.69 Å². The van der Waals surface area contributed by atoms with Crippen LogP contribution in [0.5, 0.6) is 5.75 Å². The zero-order chi connectivity index (χ0) is 24.9. The fourth-order valence-corrected chi connectivity index (χ4v) is 5.37. The predicted octanol–water partition coefficient (Wildman–Crippen LogP) is 2.67. The lowest BCUT2D eigenvalue weighted by Gasteiger charge is -2.36. The first kappa shape index (κ1) is 24.2. The molecule has 0 bridgehead atoms. The first-order valence-corrected chi connectivity index (χ1v) is 13.1. The fourth-order valence-electron chi connectivity index (χ4n) is 4.54. The van der Waals surface area contributed by atoms with Crippen molar-refractivity contribution in [1.29, 1.82) is 0 Å². The Bertz CT molecular complexity index is 1360. The van der Waals surface area contributed by atoms with Gasteiger partial charge in [-0.15, -0.1) is 0 Å². The summed E-state index contributed by atoms with van der Waals surface area (Å²) in [5.74, 6) is 7.84. The number of nitrogens with two attached hydrogens (primary N) is 1. The Morgan fingerprint density at radius 2 is 1.78 bits per heavy atom. The molecule has 36 heavy (non-hydrogen) atoms. The second kappa shape index (κ2) is 11.0. The van der Waals surface area contributed by atoms with E-state index in [-0.39, 0.29) is 5.56 Å². The van der Waals surface area contributed by atoms with Gasteiger partial charge in [0.15, 0.2) is 10.8 Å². The quantitative estimate of drug-likeness (QED) is 0.161. The molecule has 0 amide bonds. The maximum absolute atomic E-state index is 12.8. The first-order valence-electron chi connectivity index (χ1n) is 12.1. The summed E-state index contributed by atoms with van der Waals surface area (Å²) in [4.78, 5) is 22.4. The highest BCUT2D eigenvalue weighted by atomic mass is 32.2. The van der Waals surface area contributed by atoms with E-state index in [2.05, 4.69) is 27.0 Å². The Morgan fingerprint density at radius 1 is 1.03 bits per heavy atom. The van der Waals surface area contributed by atoms with Gasteiger partial charge in [-0.2, -0.15) is 5.10 Å². The molecular weight excluding hydrogens is 474 g/mol. The summed E-state index contributed by atoms with van der Waals surface area (Å²) >= 11 is 1.52. The van der Waals surface area contributed by atoms with Crippen molar-refractivity contribution < 1.29 is 4.74 Å². The number of ether oxygens (including phenoxy) is 1. The Labute approximate surface area is 214 Å². The van der Waals surface area contributed by atoms with Crippen molar-refractivity contribution in [1.82, 2.24) is 24.3 Å². The Morgan fingerprint density at radius 3 is 2.56 bits per heavy atom. The molecule has 9 nitrogen and oxygen atoms in total. The van der Waals surface area contributed by atoms with Crippen LogP contribution in [0.25, 0.3) is 11.0 Å². The zero-order valence-electron chi connectivity index (χ0n) is 20.4. The molecule has 1 aliphatic rings. The molecule has 1 saturated heterocycles. The van der Waals surface area contributed by atoms with Gasteiger partial charge >= 0.3 is 0 Å². The highest BCUT2D eigenvalue weighted by molar-refractivity contribution is 7.99. The van der Waals surface area contributed by atoms with Gasteiger partial charge in [0.25, 0.3) is 5.56 Å². The normalized spacial score (nSPS) is 14.4. The fraction of sp³-hybridized carbons (Fsp3) is 0.346. The van der Waals surface area contributed by atoms with Crippen molar-refractivity contribution in [3.8, 4) is 5.75 Å². The number of fused-ring (bicyclic) bond motifs is 1. The van der Waals surface area contributed by atoms with Crippen LogP contribution in [0.3, 0.4) is 0 Å². The zero-order valence-corrected chi connectivity index (χ0v) is 21.2. The van der Waals surface area contributed by atoms with Crippen LogP contribution in [0, 0.1) is 0 Å². The Balaban J connectivity index is 1.16. The van der Waals surface area contributed by atoms with Crippen LogP contribution in [-0.2, 0) is 6.54 Å². The van der Waals surface area contributed by atoms with E-state index in [0.717, 1.165) is 66.6 Å². The number of hydrogen-bond acceptors (Lipinski definition) is 8. The van der Waals surface area contributed by atoms with Gasteiger partial charge in [0, 0.05) is 31.9 Å². The number of rotatable bonds is 9. The first-order chi connectivity index (χ1) is 17.6. The topological polar surface area (TPSA) is 94.4 Å². The van der Waals surface area contributed by atoms with Crippen molar-refractivity contribution in [2.45, 2.75) is 18.1 Å². The third kappa shape index (κ3) is 5.19. The molecule has 188 valence electrons. The number of methoxy groups -OCH3 is 1. The maximum atomic E-state index is 12.8. The summed E-state index contributed by atoms with van der Waals surface area (Å²) in [6, 6.07) is 18.2. The molecule has 0 aliphatic carbocycles. The minimum atomic E-state index is -0.269. The van der Waals surface area contributed by atoms with Crippen LogP contribution < -0.4 is 21.0 Å². The van der Waals surface area contributed by atoms with Gasteiger partial charge in [-0.3, -0.25) is 9.69 Å². The monoisotopic (exact) mass is 505 g/mol. The largest absolute Gasteiger partial charge is 0.495 e. The summed E-state index contributed by atoms with van der Waals surface area (Å²) in [6.45, 7) is 5.51. The molecule has 2 N–H and O–H groups in total. The van der Waals surface area contributed by atoms with Crippen molar-refractivity contribution in [2.24, 2.45) is 0 Å². The lowest BCUT2D eigenvalue weighted by atomic mass is 10.2. The smallest absolute Gasteiger partial charge is 0.283 e. The van der Waals surface area contributed by atoms with Gasteiger partial charge in [0.1, 0.15) is 11.1 Å². The SMILES string of the molecule is COc1ccccc1N1CCN(CCCSc2nc3c(cnn3Cc3ccccc3)c(=O)n2N)CC1. The number of para-hydroxylation sites is 2. The van der Waals surface area contributed by atoms with E-state index in [1.165, 1.54) is 11.8 Å². The van der Waals surface area contributed by atoms with E-state index >= 15 is 0 Å². The Kier molecular flexibility index (Phi) is 7.43. The summed E-state index contributed by atoms with van der Waals surface area (Å²) in [6.07, 6.45) is 2.53. The second-order valence-corrected chi connectivity index (χ2v) is 9.86. The highest BCUT2D eigenvalue weighted by Crippen LogP contribution is 2.28. The number of aromatic nitrogens is 4. The average molecular weight is 506 g/mol. The molecule has 3 heterocycles. The molecule has 1 fully saturated rings.